The predicted octanol–water partition coefficient (Wildman–Crippen LogP) is 2.07. The van der Waals surface area contributed by atoms with Gasteiger partial charge in [0.2, 0.25) is 0 Å². The predicted molar refractivity (Wildman–Crippen MR) is 55.5 cm³/mol. The number of hydrogen-bond donors (Lipinski definition) is 1. The van der Waals surface area contributed by atoms with E-state index in [-0.39, 0.29) is 17.1 Å². The van der Waals surface area contributed by atoms with Gasteiger partial charge in [-0.1, -0.05) is 0 Å². The summed E-state index contributed by atoms with van der Waals surface area (Å²) in [5.41, 5.74) is 0.579. The molecular formula is C9H6INO2. The number of nitriles is 1. The highest BCUT2D eigenvalue weighted by Gasteiger charge is 2.11. The molecule has 13 heavy (non-hydrogen) atoms. The molecule has 4 heteroatoms. The third-order valence-corrected chi connectivity index (χ3v) is 2.39. The summed E-state index contributed by atoms with van der Waals surface area (Å²) in [6.45, 7) is 1.35. The van der Waals surface area contributed by atoms with Crippen LogP contribution in [-0.2, 0) is 0 Å². The normalized spacial score (nSPS) is 9.31. The topological polar surface area (TPSA) is 61.1 Å². The lowest BCUT2D eigenvalue weighted by Crippen LogP contribution is -1.95. The van der Waals surface area contributed by atoms with E-state index in [4.69, 9.17) is 5.26 Å². The van der Waals surface area contributed by atoms with E-state index in [1.807, 2.05) is 28.7 Å². The van der Waals surface area contributed by atoms with E-state index in [9.17, 15) is 9.90 Å². The van der Waals surface area contributed by atoms with E-state index in [1.54, 1.807) is 0 Å². The van der Waals surface area contributed by atoms with Crippen LogP contribution in [-0.4, -0.2) is 10.9 Å². The molecule has 1 aromatic carbocycles. The highest BCUT2D eigenvalue weighted by Crippen LogP contribution is 2.26. The molecule has 3 nitrogen and oxygen atoms in total. The second-order valence-electron chi connectivity index (χ2n) is 2.52. The van der Waals surface area contributed by atoms with Gasteiger partial charge in [0, 0.05) is 0 Å². The lowest BCUT2D eigenvalue weighted by atomic mass is 10.1. The molecule has 0 radical (unpaired) electrons. The summed E-state index contributed by atoms with van der Waals surface area (Å²) in [7, 11) is 0. The third kappa shape index (κ3) is 1.98. The fourth-order valence-corrected chi connectivity index (χ4v) is 1.56. The number of benzene rings is 1. The maximum absolute atomic E-state index is 11.0. The van der Waals surface area contributed by atoms with E-state index in [0.717, 1.165) is 0 Å². The second kappa shape index (κ2) is 3.75. The van der Waals surface area contributed by atoms with Crippen LogP contribution in [0.3, 0.4) is 0 Å². The smallest absolute Gasteiger partial charge is 0.163 e. The maximum atomic E-state index is 11.0. The fraction of sp³-hybridized carbons (Fsp3) is 0.111. The Morgan fingerprint density at radius 1 is 1.62 bits per heavy atom. The standard InChI is InChI=1S/C9H6INO2/c1-5(12)7-2-6(4-11)3-8(10)9(7)13/h2-3,13H,1H3. The molecule has 66 valence electrons. The van der Waals surface area contributed by atoms with Crippen LogP contribution in [0.5, 0.6) is 5.75 Å². The van der Waals surface area contributed by atoms with Gasteiger partial charge in [-0.15, -0.1) is 0 Å². The van der Waals surface area contributed by atoms with Crippen molar-refractivity contribution in [3.8, 4) is 11.8 Å². The first-order valence-corrected chi connectivity index (χ1v) is 4.57. The van der Waals surface area contributed by atoms with E-state index in [2.05, 4.69) is 0 Å². The Hall–Kier alpha value is -1.09. The van der Waals surface area contributed by atoms with Crippen molar-refractivity contribution in [3.63, 3.8) is 0 Å². The summed E-state index contributed by atoms with van der Waals surface area (Å²) in [6.07, 6.45) is 0. The molecule has 0 aliphatic carbocycles. The Bertz CT molecular complexity index is 407. The average Bonchev–Trinajstić information content (AvgIpc) is 2.09. The van der Waals surface area contributed by atoms with Crippen molar-refractivity contribution < 1.29 is 9.90 Å². The molecule has 1 N–H and O–H groups in total. The molecule has 0 bridgehead atoms. The Labute approximate surface area is 89.1 Å². The van der Waals surface area contributed by atoms with Crippen molar-refractivity contribution in [3.05, 3.63) is 26.8 Å². The number of nitrogens with zero attached hydrogens (tertiary/aromatic N) is 1. The van der Waals surface area contributed by atoms with E-state index < -0.39 is 0 Å². The highest BCUT2D eigenvalue weighted by molar-refractivity contribution is 14.1. The zero-order valence-corrected chi connectivity index (χ0v) is 8.99. The number of rotatable bonds is 1. The van der Waals surface area contributed by atoms with Gasteiger partial charge in [-0.2, -0.15) is 5.26 Å². The van der Waals surface area contributed by atoms with Gasteiger partial charge in [0.05, 0.1) is 20.8 Å². The van der Waals surface area contributed by atoms with Crippen LogP contribution in [0.1, 0.15) is 22.8 Å². The number of ketones is 1. The fourth-order valence-electron chi connectivity index (χ4n) is 0.932. The van der Waals surface area contributed by atoms with Crippen molar-refractivity contribution >= 4 is 28.4 Å². The van der Waals surface area contributed by atoms with Crippen molar-refractivity contribution in [1.29, 1.82) is 5.26 Å². The molecule has 0 atom stereocenters. The van der Waals surface area contributed by atoms with Gasteiger partial charge in [0.1, 0.15) is 5.75 Å². The Morgan fingerprint density at radius 3 is 2.69 bits per heavy atom. The minimum atomic E-state index is -0.243. The summed E-state index contributed by atoms with van der Waals surface area (Å²) < 4.78 is 0.516. The van der Waals surface area contributed by atoms with Crippen LogP contribution < -0.4 is 0 Å². The van der Waals surface area contributed by atoms with E-state index in [1.165, 1.54) is 19.1 Å². The van der Waals surface area contributed by atoms with Gasteiger partial charge in [0.15, 0.2) is 5.78 Å². The third-order valence-electron chi connectivity index (χ3n) is 1.57. The van der Waals surface area contributed by atoms with Crippen LogP contribution in [0.25, 0.3) is 0 Å². The lowest BCUT2D eigenvalue weighted by molar-refractivity contribution is 0.101. The molecule has 0 saturated carbocycles. The summed E-state index contributed by atoms with van der Waals surface area (Å²) in [5.74, 6) is -0.292. The summed E-state index contributed by atoms with van der Waals surface area (Å²) in [5, 5.41) is 18.1. The lowest BCUT2D eigenvalue weighted by Gasteiger charge is -2.02. The van der Waals surface area contributed by atoms with Crippen LogP contribution in [0, 0.1) is 14.9 Å². The van der Waals surface area contributed by atoms with E-state index in [0.29, 0.717) is 9.13 Å². The first-order valence-electron chi connectivity index (χ1n) is 3.50. The number of aromatic hydroxyl groups is 1. The Kier molecular flexibility index (Phi) is 2.88. The molecule has 0 aliphatic rings. The highest BCUT2D eigenvalue weighted by atomic mass is 127. The molecule has 1 aromatic rings. The van der Waals surface area contributed by atoms with Gasteiger partial charge in [-0.05, 0) is 41.6 Å². The largest absolute Gasteiger partial charge is 0.506 e. The summed E-state index contributed by atoms with van der Waals surface area (Å²) in [4.78, 5) is 11.0. The number of Topliss-reactive ketones (excluding diaryl/α,β-unsaturated/α-hetero) is 1. The van der Waals surface area contributed by atoms with Crippen LogP contribution in [0.15, 0.2) is 12.1 Å². The molecule has 0 aliphatic heterocycles. The SMILES string of the molecule is CC(=O)c1cc(C#N)cc(I)c1O. The zero-order valence-electron chi connectivity index (χ0n) is 6.84. The Morgan fingerprint density at radius 2 is 2.23 bits per heavy atom. The first-order chi connectivity index (χ1) is 6.06. The molecule has 0 spiro atoms. The molecule has 0 saturated heterocycles. The number of hydrogen-bond acceptors (Lipinski definition) is 3. The molecule has 0 unspecified atom stereocenters. The molecule has 1 rings (SSSR count). The van der Waals surface area contributed by atoms with Crippen LogP contribution >= 0.6 is 22.6 Å². The van der Waals surface area contributed by atoms with Crippen molar-refractivity contribution in [2.75, 3.05) is 0 Å². The van der Waals surface area contributed by atoms with Crippen molar-refractivity contribution in [2.24, 2.45) is 0 Å². The molecule has 0 amide bonds. The monoisotopic (exact) mass is 287 g/mol. The van der Waals surface area contributed by atoms with Gasteiger partial charge in [-0.25, -0.2) is 0 Å². The van der Waals surface area contributed by atoms with Gasteiger partial charge >= 0.3 is 0 Å². The molecule has 0 heterocycles. The van der Waals surface area contributed by atoms with Crippen molar-refractivity contribution in [2.45, 2.75) is 6.92 Å². The van der Waals surface area contributed by atoms with E-state index >= 15 is 0 Å². The molecule has 0 aromatic heterocycles. The summed E-state index contributed by atoms with van der Waals surface area (Å²) in [6, 6.07) is 4.84. The van der Waals surface area contributed by atoms with Gasteiger partial charge < -0.3 is 5.11 Å². The number of phenols is 1. The maximum Gasteiger partial charge on any atom is 0.163 e. The minimum absolute atomic E-state index is 0.0490. The molecule has 0 fully saturated rings. The molecular weight excluding hydrogens is 281 g/mol. The quantitative estimate of drug-likeness (QED) is 0.635. The number of halogens is 1. The second-order valence-corrected chi connectivity index (χ2v) is 3.68. The Balaban J connectivity index is 3.44. The van der Waals surface area contributed by atoms with Crippen molar-refractivity contribution in [1.82, 2.24) is 0 Å². The first kappa shape index (κ1) is 9.99. The minimum Gasteiger partial charge on any atom is -0.506 e. The summed E-state index contributed by atoms with van der Waals surface area (Å²) >= 11 is 1.88. The number of carbonyl (C=O) groups is 1. The zero-order chi connectivity index (χ0) is 10.0. The number of phenolic OH excluding ortho intramolecular Hbond substituents is 1. The number of carbonyl (C=O) groups excluding carboxylic acids is 1. The average molecular weight is 287 g/mol. The van der Waals surface area contributed by atoms with Crippen LogP contribution in [0.4, 0.5) is 0 Å². The van der Waals surface area contributed by atoms with Gasteiger partial charge in [0.25, 0.3) is 0 Å². The van der Waals surface area contributed by atoms with Gasteiger partial charge in [-0.3, -0.25) is 4.79 Å². The van der Waals surface area contributed by atoms with Crippen LogP contribution in [0.2, 0.25) is 0 Å².